The summed E-state index contributed by atoms with van der Waals surface area (Å²) in [5, 5.41) is 3.31. The summed E-state index contributed by atoms with van der Waals surface area (Å²) in [7, 11) is -3.21. The Kier molecular flexibility index (Phi) is 5.68. The minimum absolute atomic E-state index is 0.458. The maximum Gasteiger partial charge on any atom is 0.279 e. The number of piperidine rings is 1. The van der Waals surface area contributed by atoms with Crippen LogP contribution >= 0.6 is 0 Å². The SMILES string of the molecule is CCNCC1CCN(S(=O)(=O)NCC)CC1. The van der Waals surface area contributed by atoms with E-state index in [1.165, 1.54) is 0 Å². The van der Waals surface area contributed by atoms with Crippen molar-refractivity contribution < 1.29 is 8.42 Å². The van der Waals surface area contributed by atoms with Gasteiger partial charge in [-0.2, -0.15) is 12.7 Å². The highest BCUT2D eigenvalue weighted by molar-refractivity contribution is 7.87. The number of rotatable bonds is 6. The molecule has 0 atom stereocenters. The lowest BCUT2D eigenvalue weighted by Gasteiger charge is -2.31. The molecule has 0 bridgehead atoms. The predicted octanol–water partition coefficient (Wildman–Crippen LogP) is 0.162. The van der Waals surface area contributed by atoms with Gasteiger partial charge >= 0.3 is 0 Å². The molecule has 1 saturated heterocycles. The van der Waals surface area contributed by atoms with Crippen molar-refractivity contribution in [1.29, 1.82) is 0 Å². The van der Waals surface area contributed by atoms with Crippen molar-refractivity contribution in [2.75, 3.05) is 32.7 Å². The zero-order valence-corrected chi connectivity index (χ0v) is 11.0. The average Bonchev–Trinajstić information content (AvgIpc) is 2.27. The molecule has 0 saturated carbocycles. The van der Waals surface area contributed by atoms with Gasteiger partial charge in [-0.25, -0.2) is 4.72 Å². The molecule has 16 heavy (non-hydrogen) atoms. The van der Waals surface area contributed by atoms with Crippen LogP contribution in [-0.4, -0.2) is 45.4 Å². The molecule has 96 valence electrons. The number of hydrogen-bond acceptors (Lipinski definition) is 3. The van der Waals surface area contributed by atoms with Crippen molar-refractivity contribution in [3.05, 3.63) is 0 Å². The molecule has 0 radical (unpaired) electrons. The first-order chi connectivity index (χ1) is 7.60. The lowest BCUT2D eigenvalue weighted by molar-refractivity contribution is 0.266. The van der Waals surface area contributed by atoms with Crippen molar-refractivity contribution >= 4 is 10.2 Å². The second-order valence-electron chi connectivity index (χ2n) is 4.15. The highest BCUT2D eigenvalue weighted by Gasteiger charge is 2.26. The Morgan fingerprint density at radius 2 is 1.81 bits per heavy atom. The molecule has 6 heteroatoms. The first-order valence-corrected chi connectivity index (χ1v) is 7.49. The van der Waals surface area contributed by atoms with Crippen LogP contribution in [0.25, 0.3) is 0 Å². The fraction of sp³-hybridized carbons (Fsp3) is 1.00. The molecule has 1 heterocycles. The third-order valence-electron chi connectivity index (χ3n) is 2.92. The van der Waals surface area contributed by atoms with E-state index in [1.807, 2.05) is 0 Å². The third kappa shape index (κ3) is 4.01. The predicted molar refractivity (Wildman–Crippen MR) is 65.4 cm³/mol. The third-order valence-corrected chi connectivity index (χ3v) is 4.62. The van der Waals surface area contributed by atoms with E-state index in [2.05, 4.69) is 17.0 Å². The van der Waals surface area contributed by atoms with Crippen molar-refractivity contribution in [3.8, 4) is 0 Å². The van der Waals surface area contributed by atoms with Gasteiger partial charge in [0, 0.05) is 19.6 Å². The zero-order valence-electron chi connectivity index (χ0n) is 10.2. The van der Waals surface area contributed by atoms with Crippen LogP contribution in [0.3, 0.4) is 0 Å². The van der Waals surface area contributed by atoms with Gasteiger partial charge in [-0.15, -0.1) is 0 Å². The molecule has 5 nitrogen and oxygen atoms in total. The van der Waals surface area contributed by atoms with Gasteiger partial charge < -0.3 is 5.32 Å². The summed E-state index contributed by atoms with van der Waals surface area (Å²) in [5.74, 6) is 0.619. The van der Waals surface area contributed by atoms with Gasteiger partial charge in [0.2, 0.25) is 0 Å². The highest BCUT2D eigenvalue weighted by atomic mass is 32.2. The van der Waals surface area contributed by atoms with Gasteiger partial charge in [0.25, 0.3) is 10.2 Å². The van der Waals surface area contributed by atoms with Crippen molar-refractivity contribution in [2.24, 2.45) is 5.92 Å². The molecule has 1 fully saturated rings. The summed E-state index contributed by atoms with van der Waals surface area (Å²) >= 11 is 0. The van der Waals surface area contributed by atoms with Crippen LogP contribution in [0.1, 0.15) is 26.7 Å². The summed E-state index contributed by atoms with van der Waals surface area (Å²) in [6.45, 7) is 7.62. The number of hydrogen-bond donors (Lipinski definition) is 2. The molecule has 0 aromatic rings. The molecule has 0 aromatic carbocycles. The fourth-order valence-electron chi connectivity index (χ4n) is 1.98. The van der Waals surface area contributed by atoms with Gasteiger partial charge in [-0.3, -0.25) is 0 Å². The zero-order chi connectivity index (χ0) is 12.0. The van der Waals surface area contributed by atoms with Crippen LogP contribution in [0.2, 0.25) is 0 Å². The maximum atomic E-state index is 11.7. The Morgan fingerprint density at radius 3 is 2.31 bits per heavy atom. The van der Waals surface area contributed by atoms with Crippen LogP contribution in [0.15, 0.2) is 0 Å². The molecular formula is C10H23N3O2S. The van der Waals surface area contributed by atoms with Crippen LogP contribution in [0.5, 0.6) is 0 Å². The molecule has 1 aliphatic heterocycles. The van der Waals surface area contributed by atoms with Crippen molar-refractivity contribution in [3.63, 3.8) is 0 Å². The fourth-order valence-corrected chi connectivity index (χ4v) is 3.21. The monoisotopic (exact) mass is 249 g/mol. The molecule has 2 N–H and O–H groups in total. The molecule has 0 unspecified atom stereocenters. The Labute approximate surface area is 98.8 Å². The molecule has 0 aliphatic carbocycles. The quantitative estimate of drug-likeness (QED) is 0.705. The first kappa shape index (κ1) is 13.9. The Hall–Kier alpha value is -0.170. The van der Waals surface area contributed by atoms with E-state index in [0.29, 0.717) is 25.6 Å². The second-order valence-corrected chi connectivity index (χ2v) is 5.91. The molecule has 0 spiro atoms. The summed E-state index contributed by atoms with van der Waals surface area (Å²) < 4.78 is 27.5. The van der Waals surface area contributed by atoms with E-state index in [9.17, 15) is 8.42 Å². The second kappa shape index (κ2) is 6.54. The standard InChI is InChI=1S/C10H23N3O2S/c1-3-11-9-10-5-7-13(8-6-10)16(14,15)12-4-2/h10-12H,3-9H2,1-2H3. The average molecular weight is 249 g/mol. The summed E-state index contributed by atoms with van der Waals surface area (Å²) in [4.78, 5) is 0. The van der Waals surface area contributed by atoms with Gasteiger partial charge in [0.15, 0.2) is 0 Å². The van der Waals surface area contributed by atoms with E-state index >= 15 is 0 Å². The van der Waals surface area contributed by atoms with Crippen molar-refractivity contribution in [1.82, 2.24) is 14.3 Å². The Bertz CT molecular complexity index is 284. The van der Waals surface area contributed by atoms with Crippen molar-refractivity contribution in [2.45, 2.75) is 26.7 Å². The van der Waals surface area contributed by atoms with Crippen LogP contribution in [0, 0.1) is 5.92 Å². The topological polar surface area (TPSA) is 61.4 Å². The lowest BCUT2D eigenvalue weighted by Crippen LogP contribution is -2.46. The Balaban J connectivity index is 2.37. The summed E-state index contributed by atoms with van der Waals surface area (Å²) in [5.41, 5.74) is 0. The minimum atomic E-state index is -3.21. The normalized spacial score (nSPS) is 20.1. The lowest BCUT2D eigenvalue weighted by atomic mass is 9.98. The van der Waals surface area contributed by atoms with E-state index in [4.69, 9.17) is 0 Å². The molecule has 0 amide bonds. The minimum Gasteiger partial charge on any atom is -0.317 e. The van der Waals surface area contributed by atoms with Crippen LogP contribution in [-0.2, 0) is 10.2 Å². The number of nitrogens with one attached hydrogen (secondary N) is 2. The van der Waals surface area contributed by atoms with Crippen LogP contribution < -0.4 is 10.0 Å². The molecule has 1 rings (SSSR count). The van der Waals surface area contributed by atoms with Gasteiger partial charge in [0.05, 0.1) is 0 Å². The molecular weight excluding hydrogens is 226 g/mol. The van der Waals surface area contributed by atoms with E-state index < -0.39 is 10.2 Å². The van der Waals surface area contributed by atoms with Gasteiger partial charge in [0.1, 0.15) is 0 Å². The van der Waals surface area contributed by atoms with Gasteiger partial charge in [-0.05, 0) is 31.8 Å². The maximum absolute atomic E-state index is 11.7. The molecule has 1 aliphatic rings. The highest BCUT2D eigenvalue weighted by Crippen LogP contribution is 2.18. The van der Waals surface area contributed by atoms with E-state index in [0.717, 1.165) is 25.9 Å². The van der Waals surface area contributed by atoms with Crippen LogP contribution in [0.4, 0.5) is 0 Å². The Morgan fingerprint density at radius 1 is 1.19 bits per heavy atom. The largest absolute Gasteiger partial charge is 0.317 e. The van der Waals surface area contributed by atoms with E-state index in [-0.39, 0.29) is 0 Å². The van der Waals surface area contributed by atoms with E-state index in [1.54, 1.807) is 11.2 Å². The molecule has 0 aromatic heterocycles. The summed E-state index contributed by atoms with van der Waals surface area (Å²) in [6.07, 6.45) is 1.91. The summed E-state index contributed by atoms with van der Waals surface area (Å²) in [6, 6.07) is 0. The first-order valence-electron chi connectivity index (χ1n) is 6.05. The number of nitrogens with zero attached hydrogens (tertiary/aromatic N) is 1. The van der Waals surface area contributed by atoms with Gasteiger partial charge in [-0.1, -0.05) is 13.8 Å². The smallest absolute Gasteiger partial charge is 0.279 e.